The van der Waals surface area contributed by atoms with Crippen LogP contribution in [0.1, 0.15) is 36.2 Å². The standard InChI is InChI=1S/C25H23BrN2O3/c1-3-13-30-20-11-7-17(8-12-20)24(29)27-19-9-5-18(6-10-19)25-28-22-15-16(4-2)14-21(26)23(22)31-25/h5-12,14-15H,3-4,13H2,1-2H3,(H,27,29). The van der Waals surface area contributed by atoms with Crippen LogP contribution in [0.4, 0.5) is 5.69 Å². The third kappa shape index (κ3) is 4.80. The van der Waals surface area contributed by atoms with Crippen LogP contribution in [0, 0.1) is 0 Å². The zero-order chi connectivity index (χ0) is 21.8. The number of oxazole rings is 1. The Morgan fingerprint density at radius 3 is 2.48 bits per heavy atom. The smallest absolute Gasteiger partial charge is 0.255 e. The van der Waals surface area contributed by atoms with Crippen molar-refractivity contribution in [2.75, 3.05) is 11.9 Å². The highest BCUT2D eigenvalue weighted by molar-refractivity contribution is 9.10. The topological polar surface area (TPSA) is 64.4 Å². The number of ether oxygens (including phenoxy) is 1. The lowest BCUT2D eigenvalue weighted by Crippen LogP contribution is -2.11. The number of amides is 1. The van der Waals surface area contributed by atoms with Gasteiger partial charge in [0, 0.05) is 16.8 Å². The monoisotopic (exact) mass is 478 g/mol. The molecule has 1 heterocycles. The number of carbonyl (C=O) groups excluding carboxylic acids is 1. The molecule has 0 unspecified atom stereocenters. The number of aromatic nitrogens is 1. The van der Waals surface area contributed by atoms with Crippen molar-refractivity contribution >= 4 is 38.6 Å². The third-order valence-corrected chi connectivity index (χ3v) is 5.48. The maximum absolute atomic E-state index is 12.5. The first kappa shape index (κ1) is 21.1. The third-order valence-electron chi connectivity index (χ3n) is 4.89. The number of rotatable bonds is 7. The molecule has 5 nitrogen and oxygen atoms in total. The second-order valence-electron chi connectivity index (χ2n) is 7.20. The number of hydrogen-bond acceptors (Lipinski definition) is 4. The molecule has 0 bridgehead atoms. The summed E-state index contributed by atoms with van der Waals surface area (Å²) in [4.78, 5) is 17.1. The van der Waals surface area contributed by atoms with Crippen molar-refractivity contribution in [3.05, 3.63) is 76.3 Å². The van der Waals surface area contributed by atoms with Crippen LogP contribution < -0.4 is 10.1 Å². The van der Waals surface area contributed by atoms with Crippen LogP contribution in [0.3, 0.4) is 0 Å². The van der Waals surface area contributed by atoms with Gasteiger partial charge < -0.3 is 14.5 Å². The zero-order valence-electron chi connectivity index (χ0n) is 17.4. The van der Waals surface area contributed by atoms with Gasteiger partial charge >= 0.3 is 0 Å². The van der Waals surface area contributed by atoms with Crippen LogP contribution in [0.2, 0.25) is 0 Å². The van der Waals surface area contributed by atoms with E-state index in [2.05, 4.69) is 46.1 Å². The Bertz CT molecular complexity index is 1200. The largest absolute Gasteiger partial charge is 0.494 e. The number of nitrogens with one attached hydrogen (secondary N) is 1. The van der Waals surface area contributed by atoms with Gasteiger partial charge in [-0.15, -0.1) is 0 Å². The predicted octanol–water partition coefficient (Wildman–Crippen LogP) is 6.86. The quantitative estimate of drug-likeness (QED) is 0.315. The van der Waals surface area contributed by atoms with Crippen molar-refractivity contribution in [2.24, 2.45) is 0 Å². The number of fused-ring (bicyclic) bond motifs is 1. The summed E-state index contributed by atoms with van der Waals surface area (Å²) in [5, 5.41) is 2.91. The van der Waals surface area contributed by atoms with Gasteiger partial charge in [-0.2, -0.15) is 0 Å². The number of halogens is 1. The summed E-state index contributed by atoms with van der Waals surface area (Å²) in [5.74, 6) is 1.14. The molecule has 0 aliphatic rings. The number of benzene rings is 3. The van der Waals surface area contributed by atoms with E-state index in [1.165, 1.54) is 5.56 Å². The first-order valence-electron chi connectivity index (χ1n) is 10.3. The van der Waals surface area contributed by atoms with E-state index in [1.807, 2.05) is 42.5 Å². The first-order chi connectivity index (χ1) is 15.1. The maximum atomic E-state index is 12.5. The highest BCUT2D eigenvalue weighted by atomic mass is 79.9. The van der Waals surface area contributed by atoms with Gasteiger partial charge in [-0.3, -0.25) is 4.79 Å². The van der Waals surface area contributed by atoms with Gasteiger partial charge in [0.2, 0.25) is 5.89 Å². The number of hydrogen-bond donors (Lipinski definition) is 1. The second kappa shape index (κ2) is 9.35. The Labute approximate surface area is 189 Å². The fourth-order valence-electron chi connectivity index (χ4n) is 3.20. The highest BCUT2D eigenvalue weighted by Crippen LogP contribution is 2.31. The van der Waals surface area contributed by atoms with Crippen molar-refractivity contribution in [1.82, 2.24) is 4.98 Å². The van der Waals surface area contributed by atoms with Gasteiger partial charge in [0.1, 0.15) is 11.3 Å². The summed E-state index contributed by atoms with van der Waals surface area (Å²) in [7, 11) is 0. The van der Waals surface area contributed by atoms with Gasteiger partial charge in [0.05, 0.1) is 11.1 Å². The van der Waals surface area contributed by atoms with Gasteiger partial charge in [-0.05, 0) is 95.0 Å². The summed E-state index contributed by atoms with van der Waals surface area (Å²) in [6, 6.07) is 18.7. The maximum Gasteiger partial charge on any atom is 0.255 e. The van der Waals surface area contributed by atoms with E-state index >= 15 is 0 Å². The molecule has 1 amide bonds. The molecule has 3 aromatic carbocycles. The van der Waals surface area contributed by atoms with Crippen molar-refractivity contribution in [2.45, 2.75) is 26.7 Å². The van der Waals surface area contributed by atoms with E-state index in [4.69, 9.17) is 9.15 Å². The Hall–Kier alpha value is -3.12. The molecule has 0 radical (unpaired) electrons. The van der Waals surface area contributed by atoms with Gasteiger partial charge in [0.15, 0.2) is 5.58 Å². The van der Waals surface area contributed by atoms with Crippen molar-refractivity contribution in [3.8, 4) is 17.2 Å². The molecule has 0 aliphatic carbocycles. The average molecular weight is 479 g/mol. The van der Waals surface area contributed by atoms with Crippen LogP contribution in [0.25, 0.3) is 22.6 Å². The molecule has 0 saturated heterocycles. The van der Waals surface area contributed by atoms with Crippen LogP contribution in [0.5, 0.6) is 5.75 Å². The Kier molecular flexibility index (Phi) is 6.37. The molecule has 158 valence electrons. The molecule has 4 aromatic rings. The number of aryl methyl sites for hydroxylation is 1. The molecule has 31 heavy (non-hydrogen) atoms. The minimum Gasteiger partial charge on any atom is -0.494 e. The molecule has 0 saturated carbocycles. The Morgan fingerprint density at radius 1 is 1.06 bits per heavy atom. The fraction of sp³-hybridized carbons (Fsp3) is 0.200. The number of nitrogens with zero attached hydrogens (tertiary/aromatic N) is 1. The molecule has 1 N–H and O–H groups in total. The number of anilines is 1. The van der Waals surface area contributed by atoms with Crippen LogP contribution in [0.15, 0.2) is 69.6 Å². The van der Waals surface area contributed by atoms with E-state index in [9.17, 15) is 4.79 Å². The molecule has 0 aliphatic heterocycles. The summed E-state index contributed by atoms with van der Waals surface area (Å²) in [5.41, 5.74) is 4.87. The highest BCUT2D eigenvalue weighted by Gasteiger charge is 2.13. The summed E-state index contributed by atoms with van der Waals surface area (Å²) in [6.07, 6.45) is 1.87. The Balaban J connectivity index is 1.47. The summed E-state index contributed by atoms with van der Waals surface area (Å²) < 4.78 is 12.4. The first-order valence-corrected chi connectivity index (χ1v) is 11.1. The van der Waals surface area contributed by atoms with Crippen LogP contribution >= 0.6 is 15.9 Å². The second-order valence-corrected chi connectivity index (χ2v) is 8.06. The molecule has 4 rings (SSSR count). The lowest BCUT2D eigenvalue weighted by Gasteiger charge is -2.07. The molecule has 0 spiro atoms. The molecule has 0 fully saturated rings. The fourth-order valence-corrected chi connectivity index (χ4v) is 3.77. The van der Waals surface area contributed by atoms with Gasteiger partial charge in [0.25, 0.3) is 5.91 Å². The molecular weight excluding hydrogens is 456 g/mol. The molecule has 0 atom stereocenters. The number of carbonyl (C=O) groups is 1. The van der Waals surface area contributed by atoms with E-state index in [1.54, 1.807) is 12.1 Å². The Morgan fingerprint density at radius 2 is 1.81 bits per heavy atom. The van der Waals surface area contributed by atoms with E-state index in [-0.39, 0.29) is 5.91 Å². The van der Waals surface area contributed by atoms with Gasteiger partial charge in [-0.25, -0.2) is 4.98 Å². The minimum atomic E-state index is -0.173. The lowest BCUT2D eigenvalue weighted by molar-refractivity contribution is 0.102. The van der Waals surface area contributed by atoms with Crippen LogP contribution in [-0.4, -0.2) is 17.5 Å². The lowest BCUT2D eigenvalue weighted by atomic mass is 10.1. The average Bonchev–Trinajstić information content (AvgIpc) is 3.23. The van der Waals surface area contributed by atoms with Crippen molar-refractivity contribution in [1.29, 1.82) is 0 Å². The van der Waals surface area contributed by atoms with Gasteiger partial charge in [-0.1, -0.05) is 13.8 Å². The molecule has 6 heteroatoms. The molecular formula is C25H23BrN2O3. The van der Waals surface area contributed by atoms with Crippen molar-refractivity contribution < 1.29 is 13.9 Å². The zero-order valence-corrected chi connectivity index (χ0v) is 19.0. The van der Waals surface area contributed by atoms with E-state index < -0.39 is 0 Å². The van der Waals surface area contributed by atoms with Crippen molar-refractivity contribution in [3.63, 3.8) is 0 Å². The minimum absolute atomic E-state index is 0.173. The normalized spacial score (nSPS) is 10.9. The predicted molar refractivity (Wildman–Crippen MR) is 127 cm³/mol. The molecule has 1 aromatic heterocycles. The van der Waals surface area contributed by atoms with Crippen LogP contribution in [-0.2, 0) is 6.42 Å². The SMILES string of the molecule is CCCOc1ccc(C(=O)Nc2ccc(-c3nc4cc(CC)cc(Br)c4o3)cc2)cc1. The van der Waals surface area contributed by atoms with E-state index in [0.717, 1.165) is 39.7 Å². The van der Waals surface area contributed by atoms with E-state index in [0.29, 0.717) is 23.7 Å². The summed E-state index contributed by atoms with van der Waals surface area (Å²) in [6.45, 7) is 4.82. The summed E-state index contributed by atoms with van der Waals surface area (Å²) >= 11 is 3.56.